The van der Waals surface area contributed by atoms with Crippen LogP contribution in [-0.4, -0.2) is 19.5 Å². The van der Waals surface area contributed by atoms with E-state index in [1.165, 1.54) is 24.0 Å². The first-order chi connectivity index (χ1) is 8.68. The summed E-state index contributed by atoms with van der Waals surface area (Å²) in [5, 5.41) is 0. The van der Waals surface area contributed by atoms with Crippen LogP contribution in [-0.2, 0) is 16.6 Å². The minimum absolute atomic E-state index is 0.122. The first-order valence-electron chi connectivity index (χ1n) is 6.77. The number of likely N-dealkylation sites (N-methyl/N-ethyl adjacent to an activating group) is 1. The van der Waals surface area contributed by atoms with E-state index in [1.54, 1.807) is 4.90 Å². The van der Waals surface area contributed by atoms with Crippen LogP contribution in [0.5, 0.6) is 0 Å². The lowest BCUT2D eigenvalue weighted by molar-refractivity contribution is -0.117. The largest absolute Gasteiger partial charge is 0.330 e. The number of amides is 1. The second-order valence-corrected chi connectivity index (χ2v) is 5.62. The van der Waals surface area contributed by atoms with E-state index in [-0.39, 0.29) is 11.3 Å². The van der Waals surface area contributed by atoms with Gasteiger partial charge in [0, 0.05) is 24.7 Å². The van der Waals surface area contributed by atoms with Crippen LogP contribution in [0, 0.1) is 0 Å². The van der Waals surface area contributed by atoms with Crippen molar-refractivity contribution >= 4 is 11.6 Å². The average molecular weight is 244 g/mol. The van der Waals surface area contributed by atoms with Crippen LogP contribution in [0.2, 0.25) is 0 Å². The molecular formula is C15H20N2O. The van der Waals surface area contributed by atoms with Gasteiger partial charge in [-0.05, 0) is 30.0 Å². The van der Waals surface area contributed by atoms with Crippen LogP contribution in [0.3, 0.4) is 0 Å². The number of benzene rings is 1. The quantitative estimate of drug-likeness (QED) is 0.864. The molecule has 3 nitrogen and oxygen atoms in total. The van der Waals surface area contributed by atoms with E-state index < -0.39 is 0 Å². The average Bonchev–Trinajstić information content (AvgIpc) is 2.97. The molecule has 1 saturated carbocycles. The van der Waals surface area contributed by atoms with Crippen molar-refractivity contribution < 1.29 is 4.79 Å². The van der Waals surface area contributed by atoms with Crippen LogP contribution >= 0.6 is 0 Å². The van der Waals surface area contributed by atoms with Gasteiger partial charge in [0.2, 0.25) is 5.91 Å². The predicted octanol–water partition coefficient (Wildman–Crippen LogP) is 1.98. The fraction of sp³-hybridized carbons (Fsp3) is 0.533. The molecule has 0 aromatic heterocycles. The highest BCUT2D eigenvalue weighted by atomic mass is 16.2. The lowest BCUT2D eigenvalue weighted by atomic mass is 9.76. The summed E-state index contributed by atoms with van der Waals surface area (Å²) in [4.78, 5) is 13.7. The molecule has 2 aliphatic rings. The summed E-state index contributed by atoms with van der Waals surface area (Å²) in [5.74, 6) is 0.197. The third kappa shape index (κ3) is 1.50. The van der Waals surface area contributed by atoms with E-state index in [0.29, 0.717) is 13.0 Å². The zero-order valence-corrected chi connectivity index (χ0v) is 10.9. The summed E-state index contributed by atoms with van der Waals surface area (Å²) in [6.07, 6.45) is 5.38. The van der Waals surface area contributed by atoms with E-state index in [4.69, 9.17) is 5.73 Å². The minimum atomic E-state index is 0.122. The second kappa shape index (κ2) is 4.09. The van der Waals surface area contributed by atoms with Gasteiger partial charge in [-0.25, -0.2) is 0 Å². The van der Waals surface area contributed by atoms with Crippen molar-refractivity contribution in [1.29, 1.82) is 0 Å². The Bertz CT molecular complexity index is 489. The molecule has 0 saturated heterocycles. The van der Waals surface area contributed by atoms with Gasteiger partial charge in [-0.3, -0.25) is 4.79 Å². The number of rotatable bonds is 2. The molecule has 96 valence electrons. The topological polar surface area (TPSA) is 46.3 Å². The summed E-state index contributed by atoms with van der Waals surface area (Å²) in [6.45, 7) is 0.696. The lowest BCUT2D eigenvalue weighted by Crippen LogP contribution is -2.33. The first-order valence-corrected chi connectivity index (χ1v) is 6.77. The Kier molecular flexibility index (Phi) is 2.67. The fourth-order valence-electron chi connectivity index (χ4n) is 3.61. The standard InChI is InChI=1S/C15H20N2O/c1-17-13-6-4-5-12(11(13)9-14(17)18)15(10-16)7-2-3-8-15/h4-6H,2-3,7-10,16H2,1H3. The minimum Gasteiger partial charge on any atom is -0.330 e. The zero-order chi connectivity index (χ0) is 12.8. The summed E-state index contributed by atoms with van der Waals surface area (Å²) < 4.78 is 0. The van der Waals surface area contributed by atoms with Gasteiger partial charge in [-0.2, -0.15) is 0 Å². The number of hydrogen-bond acceptors (Lipinski definition) is 2. The summed E-state index contributed by atoms with van der Waals surface area (Å²) in [6, 6.07) is 6.30. The van der Waals surface area contributed by atoms with Crippen LogP contribution in [0.1, 0.15) is 36.8 Å². The molecule has 1 aliphatic carbocycles. The highest BCUT2D eigenvalue weighted by molar-refractivity contribution is 6.01. The van der Waals surface area contributed by atoms with E-state index in [9.17, 15) is 4.79 Å². The zero-order valence-electron chi connectivity index (χ0n) is 10.9. The van der Waals surface area contributed by atoms with Crippen LogP contribution in [0.4, 0.5) is 5.69 Å². The summed E-state index contributed by atoms with van der Waals surface area (Å²) in [5.41, 5.74) is 9.82. The molecule has 1 heterocycles. The molecule has 0 radical (unpaired) electrons. The van der Waals surface area contributed by atoms with Gasteiger partial charge in [-0.15, -0.1) is 0 Å². The van der Waals surface area contributed by atoms with Crippen molar-refractivity contribution in [3.63, 3.8) is 0 Å². The number of hydrogen-bond donors (Lipinski definition) is 1. The van der Waals surface area contributed by atoms with Gasteiger partial charge in [0.25, 0.3) is 0 Å². The van der Waals surface area contributed by atoms with Crippen molar-refractivity contribution in [3.8, 4) is 0 Å². The molecule has 1 fully saturated rings. The maximum absolute atomic E-state index is 11.9. The Morgan fingerprint density at radius 1 is 1.33 bits per heavy atom. The number of carbonyl (C=O) groups is 1. The Morgan fingerprint density at radius 2 is 2.06 bits per heavy atom. The summed E-state index contributed by atoms with van der Waals surface area (Å²) >= 11 is 0. The molecule has 18 heavy (non-hydrogen) atoms. The summed E-state index contributed by atoms with van der Waals surface area (Å²) in [7, 11) is 1.86. The van der Waals surface area contributed by atoms with E-state index in [2.05, 4.69) is 12.1 Å². The first kappa shape index (κ1) is 11.7. The van der Waals surface area contributed by atoms with Gasteiger partial charge in [-0.1, -0.05) is 25.0 Å². The number of anilines is 1. The second-order valence-electron chi connectivity index (χ2n) is 5.62. The van der Waals surface area contributed by atoms with Crippen molar-refractivity contribution in [2.75, 3.05) is 18.5 Å². The third-order valence-corrected chi connectivity index (χ3v) is 4.74. The van der Waals surface area contributed by atoms with E-state index in [0.717, 1.165) is 18.5 Å². The van der Waals surface area contributed by atoms with Crippen molar-refractivity contribution in [3.05, 3.63) is 29.3 Å². The molecule has 0 atom stereocenters. The van der Waals surface area contributed by atoms with Gasteiger partial charge in [0.05, 0.1) is 6.42 Å². The fourth-order valence-corrected chi connectivity index (χ4v) is 3.61. The van der Waals surface area contributed by atoms with Crippen molar-refractivity contribution in [2.24, 2.45) is 5.73 Å². The molecular weight excluding hydrogens is 224 g/mol. The molecule has 1 amide bonds. The third-order valence-electron chi connectivity index (χ3n) is 4.74. The monoisotopic (exact) mass is 244 g/mol. The number of nitrogens with two attached hydrogens (primary N) is 1. The Labute approximate surface area is 108 Å². The van der Waals surface area contributed by atoms with Crippen LogP contribution in [0.25, 0.3) is 0 Å². The normalized spacial score (nSPS) is 21.4. The smallest absolute Gasteiger partial charge is 0.231 e. The molecule has 0 unspecified atom stereocenters. The Morgan fingerprint density at radius 3 is 2.72 bits per heavy atom. The molecule has 3 heteroatoms. The van der Waals surface area contributed by atoms with E-state index in [1.807, 2.05) is 13.1 Å². The Balaban J connectivity index is 2.12. The predicted molar refractivity (Wildman–Crippen MR) is 72.8 cm³/mol. The SMILES string of the molecule is CN1C(=O)Cc2c1cccc2C1(CN)CCCC1. The van der Waals surface area contributed by atoms with Gasteiger partial charge in [0.1, 0.15) is 0 Å². The van der Waals surface area contributed by atoms with Gasteiger partial charge >= 0.3 is 0 Å². The maximum Gasteiger partial charge on any atom is 0.231 e. The molecule has 1 aromatic rings. The molecule has 3 rings (SSSR count). The Hall–Kier alpha value is -1.35. The highest BCUT2D eigenvalue weighted by Gasteiger charge is 2.38. The number of nitrogens with zero attached hydrogens (tertiary/aromatic N) is 1. The molecule has 0 spiro atoms. The van der Waals surface area contributed by atoms with Crippen LogP contribution in [0.15, 0.2) is 18.2 Å². The van der Waals surface area contributed by atoms with Crippen molar-refractivity contribution in [1.82, 2.24) is 0 Å². The highest BCUT2D eigenvalue weighted by Crippen LogP contribution is 2.45. The lowest BCUT2D eigenvalue weighted by Gasteiger charge is -2.30. The van der Waals surface area contributed by atoms with Crippen molar-refractivity contribution in [2.45, 2.75) is 37.5 Å². The van der Waals surface area contributed by atoms with E-state index >= 15 is 0 Å². The van der Waals surface area contributed by atoms with Gasteiger partial charge < -0.3 is 10.6 Å². The molecule has 1 aliphatic heterocycles. The van der Waals surface area contributed by atoms with Gasteiger partial charge in [0.15, 0.2) is 0 Å². The number of carbonyl (C=O) groups excluding carboxylic acids is 1. The van der Waals surface area contributed by atoms with Crippen LogP contribution < -0.4 is 10.6 Å². The number of fused-ring (bicyclic) bond motifs is 1. The molecule has 2 N–H and O–H groups in total. The maximum atomic E-state index is 11.9. The molecule has 0 bridgehead atoms. The molecule has 1 aromatic carbocycles.